The largest absolute Gasteiger partial charge is 0.573 e. The van der Waals surface area contributed by atoms with E-state index < -0.39 is 22.1 Å². The fourth-order valence-electron chi connectivity index (χ4n) is 4.88. The van der Waals surface area contributed by atoms with Gasteiger partial charge in [-0.3, -0.25) is 14.3 Å². The number of alkyl halides is 3. The standard InChI is InChI=1S/C27H27F3N4O6S/c28-27(29,30)40-22-4-1-17(2-5-22)11-25(35)33-9-7-21(8-10-33)39-24-6-3-18(12-23(24)26(31)36)19-13-32-34(14-19)20-15-41(37,38)16-20/h1-6,12-14,20-21H,7-11,15-16H2,(H2,31,36). The molecule has 2 aliphatic heterocycles. The summed E-state index contributed by atoms with van der Waals surface area (Å²) in [7, 11) is -3.00. The number of nitrogens with two attached hydrogens (primary N) is 1. The van der Waals surface area contributed by atoms with E-state index in [0.717, 1.165) is 0 Å². The van der Waals surface area contributed by atoms with Crippen molar-refractivity contribution >= 4 is 21.7 Å². The topological polar surface area (TPSA) is 134 Å². The number of ether oxygens (including phenoxy) is 2. The Labute approximate surface area is 233 Å². The van der Waals surface area contributed by atoms with E-state index in [1.54, 1.807) is 40.2 Å². The van der Waals surface area contributed by atoms with Crippen LogP contribution in [0.2, 0.25) is 0 Å². The molecule has 0 radical (unpaired) electrons. The predicted molar refractivity (Wildman–Crippen MR) is 141 cm³/mol. The Morgan fingerprint density at radius 2 is 1.71 bits per heavy atom. The van der Waals surface area contributed by atoms with Crippen molar-refractivity contribution in [3.8, 4) is 22.6 Å². The Kier molecular flexibility index (Phi) is 7.68. The average molecular weight is 593 g/mol. The van der Waals surface area contributed by atoms with Gasteiger partial charge in [-0.05, 0) is 35.4 Å². The minimum atomic E-state index is -4.78. The number of piperidine rings is 1. The molecule has 14 heteroatoms. The Morgan fingerprint density at radius 1 is 1.02 bits per heavy atom. The summed E-state index contributed by atoms with van der Waals surface area (Å²) in [5, 5.41) is 4.26. The first-order chi connectivity index (χ1) is 19.3. The third-order valence-electron chi connectivity index (χ3n) is 7.05. The molecule has 2 amide bonds. The van der Waals surface area contributed by atoms with E-state index in [-0.39, 0.29) is 47.3 Å². The summed E-state index contributed by atoms with van der Waals surface area (Å²) >= 11 is 0. The fraction of sp³-hybridized carbons (Fsp3) is 0.370. The third kappa shape index (κ3) is 6.99. The van der Waals surface area contributed by atoms with Gasteiger partial charge in [0.15, 0.2) is 9.84 Å². The Bertz CT molecular complexity index is 1540. The van der Waals surface area contributed by atoms with Crippen LogP contribution < -0.4 is 15.2 Å². The van der Waals surface area contributed by atoms with Crippen LogP contribution in [0.15, 0.2) is 54.9 Å². The molecule has 0 bridgehead atoms. The SMILES string of the molecule is NC(=O)c1cc(-c2cnn(C3CS(=O)(=O)C3)c2)ccc1OC1CCN(C(=O)Cc2ccc(OC(F)(F)F)cc2)CC1. The molecule has 3 aromatic rings. The number of benzene rings is 2. The van der Waals surface area contributed by atoms with Gasteiger partial charge in [0.05, 0.1) is 35.7 Å². The molecule has 41 heavy (non-hydrogen) atoms. The lowest BCUT2D eigenvalue weighted by atomic mass is 10.0. The van der Waals surface area contributed by atoms with E-state index in [0.29, 0.717) is 48.4 Å². The zero-order valence-corrected chi connectivity index (χ0v) is 22.5. The van der Waals surface area contributed by atoms with Gasteiger partial charge in [0.25, 0.3) is 5.91 Å². The average Bonchev–Trinajstić information content (AvgIpc) is 3.38. The maximum atomic E-state index is 12.7. The van der Waals surface area contributed by atoms with Crippen molar-refractivity contribution in [1.82, 2.24) is 14.7 Å². The first-order valence-electron chi connectivity index (χ1n) is 12.8. The molecule has 2 aliphatic rings. The molecular weight excluding hydrogens is 565 g/mol. The number of hydrogen-bond donors (Lipinski definition) is 1. The summed E-state index contributed by atoms with van der Waals surface area (Å²) in [4.78, 5) is 26.6. The Balaban J connectivity index is 1.16. The summed E-state index contributed by atoms with van der Waals surface area (Å²) in [5.74, 6) is -0.757. The Morgan fingerprint density at radius 3 is 2.32 bits per heavy atom. The number of sulfone groups is 1. The van der Waals surface area contributed by atoms with E-state index in [9.17, 15) is 31.2 Å². The zero-order chi connectivity index (χ0) is 29.4. The highest BCUT2D eigenvalue weighted by atomic mass is 32.2. The van der Waals surface area contributed by atoms with Gasteiger partial charge < -0.3 is 20.1 Å². The van der Waals surface area contributed by atoms with Crippen LogP contribution in [-0.2, 0) is 21.1 Å². The lowest BCUT2D eigenvalue weighted by Gasteiger charge is -2.32. The van der Waals surface area contributed by atoms with Crippen molar-refractivity contribution in [2.24, 2.45) is 5.73 Å². The van der Waals surface area contributed by atoms with E-state index >= 15 is 0 Å². The van der Waals surface area contributed by atoms with Crippen molar-refractivity contribution in [2.45, 2.75) is 37.8 Å². The van der Waals surface area contributed by atoms with Crippen molar-refractivity contribution in [1.29, 1.82) is 0 Å². The Hall–Kier alpha value is -4.07. The molecule has 5 rings (SSSR count). The molecule has 2 fully saturated rings. The highest BCUT2D eigenvalue weighted by molar-refractivity contribution is 7.92. The number of primary amides is 1. The zero-order valence-electron chi connectivity index (χ0n) is 21.7. The van der Waals surface area contributed by atoms with Gasteiger partial charge in [-0.2, -0.15) is 5.10 Å². The van der Waals surface area contributed by atoms with Gasteiger partial charge in [0.1, 0.15) is 17.6 Å². The highest BCUT2D eigenvalue weighted by Crippen LogP contribution is 2.31. The van der Waals surface area contributed by atoms with Gasteiger partial charge in [-0.15, -0.1) is 13.2 Å². The highest BCUT2D eigenvalue weighted by Gasteiger charge is 2.35. The summed E-state index contributed by atoms with van der Waals surface area (Å²) in [6.45, 7) is 0.831. The molecule has 0 spiro atoms. The number of carbonyl (C=O) groups excluding carboxylic acids is 2. The van der Waals surface area contributed by atoms with Crippen LogP contribution in [0.25, 0.3) is 11.1 Å². The number of carbonyl (C=O) groups is 2. The van der Waals surface area contributed by atoms with E-state index in [1.807, 2.05) is 0 Å². The van der Waals surface area contributed by atoms with Crippen LogP contribution in [-0.4, -0.2) is 72.0 Å². The van der Waals surface area contributed by atoms with Crippen molar-refractivity contribution in [3.05, 3.63) is 66.0 Å². The van der Waals surface area contributed by atoms with Crippen molar-refractivity contribution in [2.75, 3.05) is 24.6 Å². The second-order valence-electron chi connectivity index (χ2n) is 10.1. The van der Waals surface area contributed by atoms with Crippen LogP contribution in [0.5, 0.6) is 11.5 Å². The minimum absolute atomic E-state index is 0.0399. The maximum absolute atomic E-state index is 12.7. The quantitative estimate of drug-likeness (QED) is 0.425. The number of aromatic nitrogens is 2. The molecule has 1 aromatic heterocycles. The number of hydrogen-bond acceptors (Lipinski definition) is 7. The van der Waals surface area contributed by atoms with E-state index in [1.165, 1.54) is 24.3 Å². The van der Waals surface area contributed by atoms with E-state index in [2.05, 4.69) is 9.84 Å². The molecule has 10 nitrogen and oxygen atoms in total. The van der Waals surface area contributed by atoms with Crippen molar-refractivity contribution in [3.63, 3.8) is 0 Å². The van der Waals surface area contributed by atoms with Gasteiger partial charge in [-0.1, -0.05) is 18.2 Å². The maximum Gasteiger partial charge on any atom is 0.573 e. The minimum Gasteiger partial charge on any atom is -0.489 e. The normalized spacial score (nSPS) is 17.6. The number of amides is 2. The lowest BCUT2D eigenvalue weighted by Crippen LogP contribution is -2.42. The lowest BCUT2D eigenvalue weighted by molar-refractivity contribution is -0.274. The van der Waals surface area contributed by atoms with Crippen LogP contribution >= 0.6 is 0 Å². The molecule has 3 heterocycles. The first kappa shape index (κ1) is 28.5. The monoisotopic (exact) mass is 592 g/mol. The molecule has 2 N–H and O–H groups in total. The summed E-state index contributed by atoms with van der Waals surface area (Å²) in [6.07, 6.45) is -0.635. The smallest absolute Gasteiger partial charge is 0.489 e. The van der Waals surface area contributed by atoms with Crippen LogP contribution in [0.4, 0.5) is 13.2 Å². The summed E-state index contributed by atoms with van der Waals surface area (Å²) in [5.41, 5.74) is 7.78. The molecular formula is C27H27F3N4O6S. The summed E-state index contributed by atoms with van der Waals surface area (Å²) < 4.78 is 71.5. The number of rotatable bonds is 8. The molecule has 0 saturated carbocycles. The molecule has 0 aliphatic carbocycles. The van der Waals surface area contributed by atoms with Gasteiger partial charge >= 0.3 is 6.36 Å². The second kappa shape index (κ2) is 11.1. The fourth-order valence-corrected chi connectivity index (χ4v) is 6.26. The van der Waals surface area contributed by atoms with Crippen LogP contribution in [0, 0.1) is 0 Å². The molecule has 0 unspecified atom stereocenters. The first-order valence-corrected chi connectivity index (χ1v) is 14.7. The molecule has 2 saturated heterocycles. The van der Waals surface area contributed by atoms with E-state index in [4.69, 9.17) is 10.5 Å². The van der Waals surface area contributed by atoms with Gasteiger partial charge in [0.2, 0.25) is 5.91 Å². The number of nitrogens with zero attached hydrogens (tertiary/aromatic N) is 3. The number of halogens is 3. The van der Waals surface area contributed by atoms with Crippen LogP contribution in [0.3, 0.4) is 0 Å². The van der Waals surface area contributed by atoms with Gasteiger partial charge in [-0.25, -0.2) is 8.42 Å². The molecule has 218 valence electrons. The number of likely N-dealkylation sites (tertiary alicyclic amines) is 1. The van der Waals surface area contributed by atoms with Gasteiger partial charge in [0, 0.05) is 37.7 Å². The second-order valence-corrected chi connectivity index (χ2v) is 12.2. The third-order valence-corrected chi connectivity index (χ3v) is 8.83. The van der Waals surface area contributed by atoms with Crippen molar-refractivity contribution < 1.29 is 40.7 Å². The molecule has 2 aromatic carbocycles. The van der Waals surface area contributed by atoms with Crippen LogP contribution in [0.1, 0.15) is 34.8 Å². The summed E-state index contributed by atoms with van der Waals surface area (Å²) in [6, 6.07) is 10.0. The molecule has 0 atom stereocenters. The predicted octanol–water partition coefficient (Wildman–Crippen LogP) is 3.13.